The predicted octanol–water partition coefficient (Wildman–Crippen LogP) is 4.24. The molecule has 0 bridgehead atoms. The van der Waals surface area contributed by atoms with Gasteiger partial charge in [-0.3, -0.25) is 0 Å². The zero-order chi connectivity index (χ0) is 9.78. The highest BCUT2D eigenvalue weighted by Gasteiger charge is 1.91. The second-order valence-electron chi connectivity index (χ2n) is 3.40. The third-order valence-corrected chi connectivity index (χ3v) is 3.86. The van der Waals surface area contributed by atoms with Gasteiger partial charge in [0.15, 0.2) is 0 Å². The fourth-order valence-electron chi connectivity index (χ4n) is 1.27. The molecule has 1 heteroatoms. The highest BCUT2D eigenvalue weighted by molar-refractivity contribution is 6.35. The van der Waals surface area contributed by atoms with E-state index in [4.69, 9.17) is 0 Å². The van der Waals surface area contributed by atoms with Gasteiger partial charge < -0.3 is 0 Å². The summed E-state index contributed by atoms with van der Waals surface area (Å²) in [5, 5.41) is 0. The van der Waals surface area contributed by atoms with Gasteiger partial charge in [-0.1, -0.05) is 51.0 Å². The fraction of sp³-hybridized carbons (Fsp3) is 0.667. The summed E-state index contributed by atoms with van der Waals surface area (Å²) >= 11 is 0.253. The first kappa shape index (κ1) is 13.2. The second-order valence-corrected chi connectivity index (χ2v) is 5.52. The molecule has 13 heavy (non-hydrogen) atoms. The average Bonchev–Trinajstić information content (AvgIpc) is 2.16. The van der Waals surface area contributed by atoms with E-state index in [0.717, 1.165) is 0 Å². The summed E-state index contributed by atoms with van der Waals surface area (Å²) < 4.78 is 2.99. The topological polar surface area (TPSA) is 0 Å². The lowest BCUT2D eigenvalue weighted by Gasteiger charge is -1.91. The maximum Gasteiger partial charge on any atom is 0.365 e. The first-order chi connectivity index (χ1) is 6.41. The van der Waals surface area contributed by atoms with Gasteiger partial charge >= 0.3 is 20.4 Å². The van der Waals surface area contributed by atoms with Crippen LogP contribution in [0, 0.1) is 0 Å². The Morgan fingerprint density at radius 3 is 1.62 bits per heavy atom. The van der Waals surface area contributed by atoms with Crippen molar-refractivity contribution in [1.29, 1.82) is 0 Å². The van der Waals surface area contributed by atoms with Crippen molar-refractivity contribution in [3.05, 3.63) is 24.3 Å². The van der Waals surface area contributed by atoms with Crippen LogP contribution in [0.3, 0.4) is 0 Å². The molecule has 0 aromatic heterocycles. The van der Waals surface area contributed by atoms with Crippen LogP contribution in [-0.4, -0.2) is 20.4 Å². The lowest BCUT2D eigenvalue weighted by atomic mass is 10.3. The van der Waals surface area contributed by atoms with Gasteiger partial charge in [-0.25, -0.2) is 0 Å². The zero-order valence-electron chi connectivity index (χ0n) is 9.26. The molecule has 0 atom stereocenters. The van der Waals surface area contributed by atoms with Crippen molar-refractivity contribution in [1.82, 2.24) is 0 Å². The van der Waals surface area contributed by atoms with Gasteiger partial charge in [-0.15, -0.1) is 9.10 Å². The summed E-state index contributed by atoms with van der Waals surface area (Å²) in [5.41, 5.74) is 0. The largest absolute Gasteiger partial charge is 0.365 e. The van der Waals surface area contributed by atoms with E-state index in [1.807, 2.05) is 0 Å². The molecule has 0 aliphatic heterocycles. The molecule has 0 aliphatic rings. The monoisotopic (exact) mass is 190 g/mol. The molecule has 0 aromatic rings. The second kappa shape index (κ2) is 12.2. The van der Waals surface area contributed by atoms with E-state index in [0.29, 0.717) is 0 Å². The third kappa shape index (κ3) is 12.2. The average molecular weight is 191 g/mol. The molecule has 0 nitrogen and oxygen atoms in total. The third-order valence-electron chi connectivity index (χ3n) is 2.05. The van der Waals surface area contributed by atoms with E-state index < -0.39 is 0 Å². The smallest absolute Gasteiger partial charge is 0.142 e. The lowest BCUT2D eigenvalue weighted by molar-refractivity contribution is 1.11. The van der Waals surface area contributed by atoms with Gasteiger partial charge in [0.25, 0.3) is 0 Å². The van der Waals surface area contributed by atoms with Crippen molar-refractivity contribution in [2.24, 2.45) is 0 Å². The summed E-state index contributed by atoms with van der Waals surface area (Å²) in [7, 11) is 0. The van der Waals surface area contributed by atoms with Crippen LogP contribution in [0.15, 0.2) is 24.3 Å². The maximum atomic E-state index is 2.34. The Kier molecular flexibility index (Phi) is 12.5. The quantitative estimate of drug-likeness (QED) is 0.305. The summed E-state index contributed by atoms with van der Waals surface area (Å²) in [6.45, 7) is 4.40. The lowest BCUT2D eigenvalue weighted by Crippen LogP contribution is -1.86. The van der Waals surface area contributed by atoms with Gasteiger partial charge in [0.1, 0.15) is 0 Å². The van der Waals surface area contributed by atoms with Gasteiger partial charge in [0.05, 0.1) is 0 Å². The zero-order valence-corrected chi connectivity index (χ0v) is 10.7. The Hall–Kier alpha value is 0.246. The predicted molar refractivity (Wildman–Crippen MR) is 63.5 cm³/mol. The molecule has 0 N–H and O–H groups in total. The van der Waals surface area contributed by atoms with E-state index in [-0.39, 0.29) is 20.4 Å². The standard InChI is InChI=1S/2C6H11.Mg/c2*1-3-5-6-4-2;/h2*5-6H,1,3-4H2,2H3;. The molecule has 0 rings (SSSR count). The summed E-state index contributed by atoms with van der Waals surface area (Å²) in [5.74, 6) is 0. The van der Waals surface area contributed by atoms with Crippen LogP contribution < -0.4 is 0 Å². The summed E-state index contributed by atoms with van der Waals surface area (Å²) in [4.78, 5) is 0. The number of hydrogen-bond donors (Lipinski definition) is 0. The van der Waals surface area contributed by atoms with Crippen LogP contribution in [0.4, 0.5) is 0 Å². The molecule has 0 spiro atoms. The highest BCUT2D eigenvalue weighted by atomic mass is 24.5. The van der Waals surface area contributed by atoms with Gasteiger partial charge in [-0.2, -0.15) is 0 Å². The molecule has 72 valence electrons. The van der Waals surface area contributed by atoms with Gasteiger partial charge in [-0.05, 0) is 12.8 Å². The van der Waals surface area contributed by atoms with E-state index in [2.05, 4.69) is 38.2 Å². The molecular weight excluding hydrogens is 168 g/mol. The molecular formula is C12H22Mg. The van der Waals surface area contributed by atoms with Crippen LogP contribution in [-0.2, 0) is 0 Å². The minimum absolute atomic E-state index is 0.253. The highest BCUT2D eigenvalue weighted by Crippen LogP contribution is 1.99. The van der Waals surface area contributed by atoms with Crippen LogP contribution in [0.25, 0.3) is 0 Å². The Balaban J connectivity index is 2.99. The Bertz CT molecular complexity index is 120. The molecule has 0 saturated carbocycles. The molecule has 0 heterocycles. The minimum Gasteiger partial charge on any atom is -0.142 e. The first-order valence-electron chi connectivity index (χ1n) is 5.71. The number of rotatable bonds is 8. The molecule has 0 aliphatic carbocycles. The molecule has 0 radical (unpaired) electrons. The van der Waals surface area contributed by atoms with E-state index >= 15 is 0 Å². The van der Waals surface area contributed by atoms with Crippen molar-refractivity contribution in [3.8, 4) is 0 Å². The fourth-order valence-corrected chi connectivity index (χ4v) is 2.67. The van der Waals surface area contributed by atoms with Crippen molar-refractivity contribution in [2.45, 2.75) is 48.6 Å². The first-order valence-corrected chi connectivity index (χ1v) is 7.71. The number of hydrogen-bond acceptors (Lipinski definition) is 0. The number of allylic oxidation sites excluding steroid dienone is 4. The van der Waals surface area contributed by atoms with Crippen LogP contribution in [0.5, 0.6) is 0 Å². The van der Waals surface area contributed by atoms with E-state index in [1.165, 1.54) is 34.8 Å². The van der Waals surface area contributed by atoms with Crippen LogP contribution >= 0.6 is 0 Å². The van der Waals surface area contributed by atoms with Gasteiger partial charge in [0, 0.05) is 0 Å². The SMILES string of the molecule is CCC=CC[CH2][Mg][CH2]CC=CCC. The Morgan fingerprint density at radius 2 is 1.23 bits per heavy atom. The Morgan fingerprint density at radius 1 is 0.769 bits per heavy atom. The molecule has 0 saturated heterocycles. The molecule has 0 unspecified atom stereocenters. The van der Waals surface area contributed by atoms with Crippen molar-refractivity contribution < 1.29 is 0 Å². The molecule has 0 aromatic carbocycles. The van der Waals surface area contributed by atoms with Crippen LogP contribution in [0.2, 0.25) is 9.10 Å². The summed E-state index contributed by atoms with van der Waals surface area (Å²) in [6, 6.07) is 0. The van der Waals surface area contributed by atoms with E-state index in [1.54, 1.807) is 0 Å². The summed E-state index contributed by atoms with van der Waals surface area (Å²) in [6.07, 6.45) is 14.3. The molecule has 0 amide bonds. The molecule has 0 fully saturated rings. The Labute approximate surface area is 93.2 Å². The van der Waals surface area contributed by atoms with Gasteiger partial charge in [0.2, 0.25) is 0 Å². The van der Waals surface area contributed by atoms with Crippen molar-refractivity contribution in [3.63, 3.8) is 0 Å². The van der Waals surface area contributed by atoms with Crippen LogP contribution in [0.1, 0.15) is 39.5 Å². The minimum atomic E-state index is 0.253. The van der Waals surface area contributed by atoms with E-state index in [9.17, 15) is 0 Å². The normalized spacial score (nSPS) is 11.2. The maximum absolute atomic E-state index is 2.34. The van der Waals surface area contributed by atoms with Crippen molar-refractivity contribution in [2.75, 3.05) is 0 Å². The van der Waals surface area contributed by atoms with Crippen molar-refractivity contribution >= 4 is 20.4 Å².